The van der Waals surface area contributed by atoms with E-state index in [9.17, 15) is 8.42 Å². The minimum Gasteiger partial charge on any atom is -0.385 e. The van der Waals surface area contributed by atoms with Gasteiger partial charge < -0.3 is 15.0 Å². The number of anilines is 2. The Bertz CT molecular complexity index is 879. The van der Waals surface area contributed by atoms with Gasteiger partial charge in [0.25, 0.3) is 0 Å². The predicted octanol–water partition coefficient (Wildman–Crippen LogP) is 4.60. The molecule has 2 fully saturated rings. The normalized spacial score (nSPS) is 29.4. The number of ether oxygens (including phenoxy) is 1. The van der Waals surface area contributed by atoms with Crippen molar-refractivity contribution in [3.63, 3.8) is 0 Å². The summed E-state index contributed by atoms with van der Waals surface area (Å²) in [5.41, 5.74) is 5.14. The molecule has 1 aromatic carbocycles. The summed E-state index contributed by atoms with van der Waals surface area (Å²) in [5.74, 6) is 0.579. The number of benzene rings is 1. The van der Waals surface area contributed by atoms with Crippen LogP contribution in [0.1, 0.15) is 71.4 Å². The van der Waals surface area contributed by atoms with Crippen LogP contribution in [-0.4, -0.2) is 51.0 Å². The number of nitrogens with zero attached hydrogens (tertiary/aromatic N) is 1. The summed E-state index contributed by atoms with van der Waals surface area (Å²) in [5, 5.41) is 3.31. The molecule has 182 valence electrons. The van der Waals surface area contributed by atoms with Gasteiger partial charge in [0.15, 0.2) is 0 Å². The molecule has 1 unspecified atom stereocenters. The monoisotopic (exact) mass is 465 g/mol. The van der Waals surface area contributed by atoms with Crippen molar-refractivity contribution in [3.8, 4) is 0 Å². The summed E-state index contributed by atoms with van der Waals surface area (Å²) in [4.78, 5) is 2.49. The summed E-state index contributed by atoms with van der Waals surface area (Å²) in [6.45, 7) is 16.3. The molecule has 1 saturated carbocycles. The highest BCUT2D eigenvalue weighted by molar-refractivity contribution is 7.90. The Morgan fingerprint density at radius 1 is 1.06 bits per heavy atom. The Kier molecular flexibility index (Phi) is 8.16. The number of morpholine rings is 1. The van der Waals surface area contributed by atoms with E-state index in [-0.39, 0.29) is 23.5 Å². The van der Waals surface area contributed by atoms with Crippen molar-refractivity contribution in [2.75, 3.05) is 23.3 Å². The minimum atomic E-state index is -3.18. The Balaban J connectivity index is 1.57. The van der Waals surface area contributed by atoms with Crippen LogP contribution in [0.3, 0.4) is 0 Å². The van der Waals surface area contributed by atoms with Crippen LogP contribution in [0.25, 0.3) is 0 Å². The van der Waals surface area contributed by atoms with Gasteiger partial charge in [-0.1, -0.05) is 0 Å². The van der Waals surface area contributed by atoms with Gasteiger partial charge in [0.1, 0.15) is 0 Å². The molecule has 7 heteroatoms. The van der Waals surface area contributed by atoms with E-state index < -0.39 is 10.0 Å². The smallest absolute Gasteiger partial charge is 0.214 e. The molecule has 1 saturated heterocycles. The molecule has 0 amide bonds. The third kappa shape index (κ3) is 5.78. The van der Waals surface area contributed by atoms with Gasteiger partial charge >= 0.3 is 0 Å². The van der Waals surface area contributed by atoms with E-state index in [1.807, 2.05) is 0 Å². The quantitative estimate of drug-likeness (QED) is 0.616. The molecule has 6 nitrogen and oxygen atoms in total. The van der Waals surface area contributed by atoms with Crippen molar-refractivity contribution in [1.29, 1.82) is 0 Å². The first-order chi connectivity index (χ1) is 15.0. The average Bonchev–Trinajstić information content (AvgIpc) is 2.73. The van der Waals surface area contributed by atoms with Gasteiger partial charge in [-0.15, -0.1) is 0 Å². The molecule has 3 atom stereocenters. The van der Waals surface area contributed by atoms with Crippen molar-refractivity contribution in [2.24, 2.45) is 5.92 Å². The third-order valence-electron chi connectivity index (χ3n) is 7.52. The maximum atomic E-state index is 12.1. The van der Waals surface area contributed by atoms with Crippen molar-refractivity contribution >= 4 is 21.4 Å². The fourth-order valence-corrected chi connectivity index (χ4v) is 5.93. The maximum Gasteiger partial charge on any atom is 0.214 e. The van der Waals surface area contributed by atoms with Crippen molar-refractivity contribution in [2.45, 2.75) is 104 Å². The van der Waals surface area contributed by atoms with E-state index in [1.54, 1.807) is 13.8 Å². The predicted molar refractivity (Wildman–Crippen MR) is 134 cm³/mol. The lowest BCUT2D eigenvalue weighted by Gasteiger charge is -2.43. The zero-order chi connectivity index (χ0) is 23.6. The highest BCUT2D eigenvalue weighted by Crippen LogP contribution is 2.33. The molecule has 0 aromatic heterocycles. The molecule has 0 spiro atoms. The average molecular weight is 466 g/mol. The van der Waals surface area contributed by atoms with Crippen molar-refractivity contribution in [1.82, 2.24) is 4.72 Å². The van der Waals surface area contributed by atoms with Crippen LogP contribution in [0.5, 0.6) is 0 Å². The Morgan fingerprint density at radius 2 is 1.72 bits per heavy atom. The summed E-state index contributed by atoms with van der Waals surface area (Å²) in [7, 11) is -3.18. The van der Waals surface area contributed by atoms with Gasteiger partial charge in [-0.3, -0.25) is 0 Å². The maximum absolute atomic E-state index is 12.1. The molecule has 32 heavy (non-hydrogen) atoms. The molecule has 1 heterocycles. The zero-order valence-corrected chi connectivity index (χ0v) is 21.8. The zero-order valence-electron chi connectivity index (χ0n) is 20.9. The molecule has 0 radical (unpaired) electrons. The molecule has 1 aliphatic heterocycles. The number of rotatable bonds is 7. The van der Waals surface area contributed by atoms with Crippen LogP contribution < -0.4 is 14.9 Å². The molecule has 3 rings (SSSR count). The van der Waals surface area contributed by atoms with Crippen LogP contribution in [0.15, 0.2) is 12.1 Å². The van der Waals surface area contributed by atoms with Crippen LogP contribution in [-0.2, 0) is 14.8 Å². The minimum absolute atomic E-state index is 0.0854. The lowest BCUT2D eigenvalue weighted by Crippen LogP contribution is -2.52. The summed E-state index contributed by atoms with van der Waals surface area (Å²) >= 11 is 0. The Labute approximate surface area is 195 Å². The second kappa shape index (κ2) is 10.3. The fourth-order valence-electron chi connectivity index (χ4n) is 4.95. The van der Waals surface area contributed by atoms with Crippen molar-refractivity contribution < 1.29 is 13.2 Å². The Hall–Kier alpha value is -1.31. The van der Waals surface area contributed by atoms with E-state index in [1.165, 1.54) is 22.5 Å². The van der Waals surface area contributed by atoms with Gasteiger partial charge in [0, 0.05) is 30.5 Å². The first-order valence-corrected chi connectivity index (χ1v) is 13.8. The van der Waals surface area contributed by atoms with Gasteiger partial charge in [-0.25, -0.2) is 13.1 Å². The lowest BCUT2D eigenvalue weighted by molar-refractivity contribution is -0.0258. The second-order valence-corrected chi connectivity index (χ2v) is 12.5. The fraction of sp³-hybridized carbons (Fsp3) is 0.760. The molecule has 0 bridgehead atoms. The number of hydrogen-bond acceptors (Lipinski definition) is 5. The van der Waals surface area contributed by atoms with Gasteiger partial charge in [-0.05, 0) is 103 Å². The third-order valence-corrected chi connectivity index (χ3v) is 9.42. The standard InChI is InChI=1S/C25H43N3O3S/c1-16(2)32(29,30)27-23-10-8-22(9-11-23)14-26-24-12-13-25(19(5)18(24)4)28-15-17(3)31-21(7)20(28)6/h12-13,16-17,20-23,26-27H,8-11,14-15H2,1-7H3/t17-,20?,21+,22-,23-/m0/s1. The molecule has 2 aliphatic rings. The van der Waals surface area contributed by atoms with E-state index in [0.717, 1.165) is 38.8 Å². The molecular formula is C25H43N3O3S. The highest BCUT2D eigenvalue weighted by Gasteiger charge is 2.31. The largest absolute Gasteiger partial charge is 0.385 e. The summed E-state index contributed by atoms with van der Waals surface area (Å²) < 4.78 is 33.1. The number of sulfonamides is 1. The summed E-state index contributed by atoms with van der Waals surface area (Å²) in [6.07, 6.45) is 4.39. The highest BCUT2D eigenvalue weighted by atomic mass is 32.2. The molecule has 1 aromatic rings. The number of hydrogen-bond donors (Lipinski definition) is 2. The lowest BCUT2D eigenvalue weighted by atomic mass is 9.86. The van der Waals surface area contributed by atoms with Crippen LogP contribution in [0.2, 0.25) is 0 Å². The molecule has 1 aliphatic carbocycles. The van der Waals surface area contributed by atoms with E-state index >= 15 is 0 Å². The summed E-state index contributed by atoms with van der Waals surface area (Å²) in [6, 6.07) is 4.91. The van der Waals surface area contributed by atoms with Crippen LogP contribution >= 0.6 is 0 Å². The SMILES string of the molecule is Cc1c(NC[C@H]2CC[C@H](NS(=O)(=O)C(C)C)CC2)ccc(N2C[C@H](C)O[C@H](C)C2C)c1C. The first-order valence-electron chi connectivity index (χ1n) is 12.3. The topological polar surface area (TPSA) is 70.7 Å². The second-order valence-electron chi connectivity index (χ2n) is 10.2. The van der Waals surface area contributed by atoms with Crippen LogP contribution in [0, 0.1) is 19.8 Å². The first kappa shape index (κ1) is 25.3. The van der Waals surface area contributed by atoms with E-state index in [2.05, 4.69) is 61.7 Å². The van der Waals surface area contributed by atoms with Gasteiger partial charge in [0.05, 0.1) is 23.5 Å². The van der Waals surface area contributed by atoms with Gasteiger partial charge in [0.2, 0.25) is 10.0 Å². The van der Waals surface area contributed by atoms with Crippen LogP contribution in [0.4, 0.5) is 11.4 Å². The molecular weight excluding hydrogens is 422 g/mol. The molecule has 2 N–H and O–H groups in total. The van der Waals surface area contributed by atoms with Crippen molar-refractivity contribution in [3.05, 3.63) is 23.3 Å². The Morgan fingerprint density at radius 3 is 2.34 bits per heavy atom. The van der Waals surface area contributed by atoms with Gasteiger partial charge in [-0.2, -0.15) is 0 Å². The van der Waals surface area contributed by atoms with E-state index in [4.69, 9.17) is 4.74 Å². The number of nitrogens with one attached hydrogen (secondary N) is 2. The van der Waals surface area contributed by atoms with E-state index in [0.29, 0.717) is 12.0 Å².